The van der Waals surface area contributed by atoms with Gasteiger partial charge in [0.05, 0.1) is 22.8 Å². The van der Waals surface area contributed by atoms with E-state index in [1.165, 1.54) is 0 Å². The number of H-pyrrole nitrogens is 2. The summed E-state index contributed by atoms with van der Waals surface area (Å²) in [4.78, 5) is 8.61. The molecular formula is C18H18N8. The summed E-state index contributed by atoms with van der Waals surface area (Å²) in [5.41, 5.74) is 15.9. The minimum atomic E-state index is -0.986. The third kappa shape index (κ3) is 2.77. The van der Waals surface area contributed by atoms with Crippen molar-refractivity contribution in [3.05, 3.63) is 72.3 Å². The van der Waals surface area contributed by atoms with Gasteiger partial charge in [-0.05, 0) is 36.4 Å². The zero-order chi connectivity index (χ0) is 18.0. The van der Waals surface area contributed by atoms with Crippen LogP contribution in [0, 0.1) is 0 Å². The summed E-state index contributed by atoms with van der Waals surface area (Å²) in [6, 6.07) is 15.0. The van der Waals surface area contributed by atoms with Crippen LogP contribution in [0.1, 0.15) is 11.4 Å². The predicted octanol–water partition coefficient (Wildman–Crippen LogP) is 1.42. The van der Waals surface area contributed by atoms with Gasteiger partial charge in [-0.1, -0.05) is 12.1 Å². The molecule has 0 aliphatic rings. The second kappa shape index (κ2) is 6.51. The molecule has 0 amide bonds. The summed E-state index contributed by atoms with van der Waals surface area (Å²) >= 11 is 0. The van der Waals surface area contributed by atoms with E-state index in [9.17, 15) is 0 Å². The normalized spacial score (nSPS) is 11.6. The summed E-state index contributed by atoms with van der Waals surface area (Å²) in [6.07, 6.45) is 3.44. The van der Waals surface area contributed by atoms with Crippen molar-refractivity contribution in [2.45, 2.75) is 5.54 Å². The molecule has 8 nitrogen and oxygen atoms in total. The molecule has 0 aliphatic carbocycles. The minimum absolute atomic E-state index is 0.167. The van der Waals surface area contributed by atoms with E-state index in [4.69, 9.17) is 11.5 Å². The van der Waals surface area contributed by atoms with E-state index in [1.807, 2.05) is 48.5 Å². The van der Waals surface area contributed by atoms with Crippen LogP contribution < -0.4 is 11.5 Å². The maximum atomic E-state index is 6.61. The largest absolute Gasteiger partial charge is 0.328 e. The Morgan fingerprint density at radius 2 is 1.27 bits per heavy atom. The number of rotatable bonds is 5. The lowest BCUT2D eigenvalue weighted by atomic mass is 9.92. The number of nitrogens with one attached hydrogen (secondary N) is 2. The molecule has 4 rings (SSSR count). The van der Waals surface area contributed by atoms with Crippen LogP contribution in [0.4, 0.5) is 0 Å². The van der Waals surface area contributed by atoms with Crippen LogP contribution in [0.5, 0.6) is 0 Å². The van der Waals surface area contributed by atoms with Crippen LogP contribution in [0.3, 0.4) is 0 Å². The fourth-order valence-corrected chi connectivity index (χ4v) is 2.76. The Morgan fingerprint density at radius 3 is 1.65 bits per heavy atom. The quantitative estimate of drug-likeness (QED) is 0.431. The number of nitrogens with two attached hydrogens (primary N) is 2. The molecule has 0 spiro atoms. The number of aromatic amines is 2. The van der Waals surface area contributed by atoms with E-state index in [0.717, 1.165) is 11.4 Å². The molecule has 0 aliphatic heterocycles. The van der Waals surface area contributed by atoms with Gasteiger partial charge >= 0.3 is 0 Å². The van der Waals surface area contributed by atoms with Crippen LogP contribution in [0.25, 0.3) is 22.8 Å². The molecule has 4 aromatic heterocycles. The van der Waals surface area contributed by atoms with E-state index in [2.05, 4.69) is 30.4 Å². The minimum Gasteiger partial charge on any atom is -0.328 e. The molecule has 0 fully saturated rings. The zero-order valence-electron chi connectivity index (χ0n) is 13.9. The lowest BCUT2D eigenvalue weighted by Gasteiger charge is -2.24. The second-order valence-electron chi connectivity index (χ2n) is 5.94. The molecule has 0 saturated carbocycles. The van der Waals surface area contributed by atoms with Crippen LogP contribution in [-0.4, -0.2) is 36.9 Å². The first-order chi connectivity index (χ1) is 12.7. The van der Waals surface area contributed by atoms with Gasteiger partial charge in [0.1, 0.15) is 16.9 Å². The van der Waals surface area contributed by atoms with Crippen molar-refractivity contribution in [1.29, 1.82) is 0 Å². The highest BCUT2D eigenvalue weighted by molar-refractivity contribution is 5.57. The number of aromatic nitrogens is 6. The van der Waals surface area contributed by atoms with Gasteiger partial charge in [0, 0.05) is 18.9 Å². The highest BCUT2D eigenvalue weighted by atomic mass is 15.2. The fraction of sp³-hybridized carbons (Fsp3) is 0.111. The molecule has 0 radical (unpaired) electrons. The molecule has 6 N–H and O–H groups in total. The number of pyridine rings is 2. The van der Waals surface area contributed by atoms with Gasteiger partial charge in [0.15, 0.2) is 0 Å². The van der Waals surface area contributed by atoms with E-state index in [-0.39, 0.29) is 6.54 Å². The van der Waals surface area contributed by atoms with Crippen molar-refractivity contribution in [3.8, 4) is 22.8 Å². The number of hydrogen-bond acceptors (Lipinski definition) is 6. The van der Waals surface area contributed by atoms with Crippen LogP contribution in [-0.2, 0) is 5.54 Å². The molecule has 0 saturated heterocycles. The highest BCUT2D eigenvalue weighted by Crippen LogP contribution is 2.28. The second-order valence-corrected chi connectivity index (χ2v) is 5.94. The first kappa shape index (κ1) is 16.1. The average Bonchev–Trinajstić information content (AvgIpc) is 3.39. The maximum Gasteiger partial charge on any atom is 0.112 e. The van der Waals surface area contributed by atoms with Crippen molar-refractivity contribution in [3.63, 3.8) is 0 Å². The van der Waals surface area contributed by atoms with E-state index >= 15 is 0 Å². The highest BCUT2D eigenvalue weighted by Gasteiger charge is 2.33. The SMILES string of the molecule is NCC(N)(c1cc(-c2ccccn2)n[nH]1)c1cc(-c2ccccn2)n[nH]1. The molecule has 4 aromatic rings. The molecular weight excluding hydrogens is 328 g/mol. The Morgan fingerprint density at radius 1 is 0.769 bits per heavy atom. The first-order valence-corrected chi connectivity index (χ1v) is 8.14. The predicted molar refractivity (Wildman–Crippen MR) is 97.7 cm³/mol. The Bertz CT molecular complexity index is 912. The third-order valence-electron chi connectivity index (χ3n) is 4.29. The number of nitrogens with zero attached hydrogens (tertiary/aromatic N) is 4. The molecule has 0 bridgehead atoms. The first-order valence-electron chi connectivity index (χ1n) is 8.14. The van der Waals surface area contributed by atoms with Crippen molar-refractivity contribution in [2.75, 3.05) is 6.54 Å². The standard InChI is InChI=1S/C18H18N8/c19-11-18(20,16-9-14(23-25-16)12-5-1-3-7-21-12)17-10-15(24-26-17)13-6-2-4-8-22-13/h1-10H,11,19-20H2,(H,23,25)(H,24,26). The Kier molecular flexibility index (Phi) is 4.04. The van der Waals surface area contributed by atoms with Gasteiger partial charge in [-0.3, -0.25) is 20.2 Å². The van der Waals surface area contributed by atoms with Gasteiger partial charge in [-0.15, -0.1) is 0 Å². The van der Waals surface area contributed by atoms with E-state index in [0.29, 0.717) is 22.8 Å². The van der Waals surface area contributed by atoms with E-state index in [1.54, 1.807) is 12.4 Å². The zero-order valence-corrected chi connectivity index (χ0v) is 13.9. The van der Waals surface area contributed by atoms with Gasteiger partial charge < -0.3 is 11.5 Å². The summed E-state index contributed by atoms with van der Waals surface area (Å²) in [5, 5.41) is 14.6. The topological polar surface area (TPSA) is 135 Å². The number of hydrogen-bond donors (Lipinski definition) is 4. The van der Waals surface area contributed by atoms with Gasteiger partial charge in [0.25, 0.3) is 0 Å². The van der Waals surface area contributed by atoms with Gasteiger partial charge in [-0.2, -0.15) is 10.2 Å². The monoisotopic (exact) mass is 346 g/mol. The Balaban J connectivity index is 1.70. The summed E-state index contributed by atoms with van der Waals surface area (Å²) in [5.74, 6) is 0. The lowest BCUT2D eigenvalue weighted by molar-refractivity contribution is 0.515. The molecule has 130 valence electrons. The third-order valence-corrected chi connectivity index (χ3v) is 4.29. The van der Waals surface area contributed by atoms with Crippen LogP contribution >= 0.6 is 0 Å². The molecule has 0 aromatic carbocycles. The summed E-state index contributed by atoms with van der Waals surface area (Å²) in [6.45, 7) is 0.167. The lowest BCUT2D eigenvalue weighted by Crippen LogP contribution is -2.45. The molecule has 0 unspecified atom stereocenters. The smallest absolute Gasteiger partial charge is 0.112 e. The van der Waals surface area contributed by atoms with Crippen molar-refractivity contribution >= 4 is 0 Å². The Hall–Kier alpha value is -3.36. The van der Waals surface area contributed by atoms with E-state index < -0.39 is 5.54 Å². The van der Waals surface area contributed by atoms with Gasteiger partial charge in [0.2, 0.25) is 0 Å². The van der Waals surface area contributed by atoms with Gasteiger partial charge in [-0.25, -0.2) is 0 Å². The summed E-state index contributed by atoms with van der Waals surface area (Å²) in [7, 11) is 0. The molecule has 8 heteroatoms. The van der Waals surface area contributed by atoms with Crippen molar-refractivity contribution in [1.82, 2.24) is 30.4 Å². The van der Waals surface area contributed by atoms with Crippen molar-refractivity contribution in [2.24, 2.45) is 11.5 Å². The van der Waals surface area contributed by atoms with Crippen LogP contribution in [0.2, 0.25) is 0 Å². The fourth-order valence-electron chi connectivity index (χ4n) is 2.76. The summed E-state index contributed by atoms with van der Waals surface area (Å²) < 4.78 is 0. The molecule has 26 heavy (non-hydrogen) atoms. The molecule has 4 heterocycles. The van der Waals surface area contributed by atoms with Crippen LogP contribution in [0.15, 0.2) is 60.9 Å². The Labute approximate surface area is 149 Å². The van der Waals surface area contributed by atoms with Crippen molar-refractivity contribution < 1.29 is 0 Å². The average molecular weight is 346 g/mol. The maximum absolute atomic E-state index is 6.61. The molecule has 0 atom stereocenters.